The highest BCUT2D eigenvalue weighted by atomic mass is 35.5. The summed E-state index contributed by atoms with van der Waals surface area (Å²) in [6.07, 6.45) is 2.70. The summed E-state index contributed by atoms with van der Waals surface area (Å²) in [6.45, 7) is 6.94. The molecule has 2 amide bonds. The lowest BCUT2D eigenvalue weighted by molar-refractivity contribution is -0.152. The minimum atomic E-state index is -0.662. The minimum absolute atomic E-state index is 0.0315. The van der Waals surface area contributed by atoms with Crippen molar-refractivity contribution in [1.29, 1.82) is 0 Å². The smallest absolute Gasteiger partial charge is 0.310 e. The molecule has 37 heavy (non-hydrogen) atoms. The van der Waals surface area contributed by atoms with Crippen LogP contribution in [-0.4, -0.2) is 72.0 Å². The average Bonchev–Trinajstić information content (AvgIpc) is 3.50. The van der Waals surface area contributed by atoms with Gasteiger partial charge in [-0.05, 0) is 89.9 Å². The number of hydrogen-bond donors (Lipinski definition) is 1. The predicted octanol–water partition coefficient (Wildman–Crippen LogP) is 4.37. The summed E-state index contributed by atoms with van der Waals surface area (Å²) in [5.41, 5.74) is 0.768. The molecule has 1 saturated heterocycles. The number of carbonyl (C=O) groups excluding carboxylic acids is 3. The summed E-state index contributed by atoms with van der Waals surface area (Å²) < 4.78 is 10.9. The Bertz CT molecular complexity index is 1140. The zero-order valence-corrected chi connectivity index (χ0v) is 22.9. The van der Waals surface area contributed by atoms with Gasteiger partial charge in [0.1, 0.15) is 11.8 Å². The van der Waals surface area contributed by atoms with Crippen molar-refractivity contribution in [2.24, 2.45) is 5.92 Å². The van der Waals surface area contributed by atoms with Crippen LogP contribution in [0.2, 0.25) is 5.02 Å². The molecular formula is C28H36ClN3O5. The van der Waals surface area contributed by atoms with E-state index in [-0.39, 0.29) is 35.3 Å². The third-order valence-electron chi connectivity index (χ3n) is 7.80. The summed E-state index contributed by atoms with van der Waals surface area (Å²) in [6, 6.07) is 9.76. The van der Waals surface area contributed by atoms with Crippen LogP contribution in [0.3, 0.4) is 0 Å². The van der Waals surface area contributed by atoms with Crippen LogP contribution >= 0.6 is 11.6 Å². The van der Waals surface area contributed by atoms with E-state index in [0.29, 0.717) is 36.6 Å². The van der Waals surface area contributed by atoms with Crippen molar-refractivity contribution in [2.45, 2.75) is 70.1 Å². The SMILES string of the molecule is COC(=O)[C@@H]1C[C@H](N(C)C(C)(C)C)CC[C@@H]1N1CCC(NC(=O)c2ccc(-c3ccc(Cl)cc3)o2)C1=O. The van der Waals surface area contributed by atoms with E-state index in [4.69, 9.17) is 20.8 Å². The predicted molar refractivity (Wildman–Crippen MR) is 141 cm³/mol. The number of nitrogens with zero attached hydrogens (tertiary/aromatic N) is 2. The van der Waals surface area contributed by atoms with Crippen LogP contribution in [0.25, 0.3) is 11.3 Å². The van der Waals surface area contributed by atoms with Crippen LogP contribution in [0, 0.1) is 5.92 Å². The summed E-state index contributed by atoms with van der Waals surface area (Å²) in [5, 5.41) is 3.44. The number of amides is 2. The van der Waals surface area contributed by atoms with E-state index in [0.717, 1.165) is 12.0 Å². The lowest BCUT2D eigenvalue weighted by Crippen LogP contribution is -2.55. The molecule has 1 aliphatic heterocycles. The lowest BCUT2D eigenvalue weighted by atomic mass is 9.79. The van der Waals surface area contributed by atoms with Crippen molar-refractivity contribution in [3.05, 3.63) is 47.2 Å². The van der Waals surface area contributed by atoms with Gasteiger partial charge in [0.2, 0.25) is 5.91 Å². The topological polar surface area (TPSA) is 92.1 Å². The number of rotatable bonds is 6. The van der Waals surface area contributed by atoms with Gasteiger partial charge in [-0.25, -0.2) is 0 Å². The highest BCUT2D eigenvalue weighted by molar-refractivity contribution is 6.30. The van der Waals surface area contributed by atoms with Crippen molar-refractivity contribution >= 4 is 29.4 Å². The molecule has 0 bridgehead atoms. The molecule has 200 valence electrons. The van der Waals surface area contributed by atoms with Gasteiger partial charge in [-0.15, -0.1) is 0 Å². The third-order valence-corrected chi connectivity index (χ3v) is 8.05. The molecule has 4 rings (SSSR count). The number of likely N-dealkylation sites (tertiary alicyclic amines) is 1. The molecule has 1 aromatic carbocycles. The molecule has 2 heterocycles. The van der Waals surface area contributed by atoms with E-state index in [2.05, 4.69) is 38.0 Å². The number of esters is 1. The minimum Gasteiger partial charge on any atom is -0.469 e. The Morgan fingerprint density at radius 1 is 1.11 bits per heavy atom. The highest BCUT2D eigenvalue weighted by Gasteiger charge is 2.46. The molecule has 1 aliphatic carbocycles. The molecule has 0 spiro atoms. The van der Waals surface area contributed by atoms with Crippen molar-refractivity contribution < 1.29 is 23.5 Å². The van der Waals surface area contributed by atoms with Crippen molar-refractivity contribution in [3.63, 3.8) is 0 Å². The van der Waals surface area contributed by atoms with Crippen LogP contribution in [0.5, 0.6) is 0 Å². The van der Waals surface area contributed by atoms with Gasteiger partial charge in [-0.2, -0.15) is 0 Å². The molecule has 1 unspecified atom stereocenters. The third kappa shape index (κ3) is 5.85. The summed E-state index contributed by atoms with van der Waals surface area (Å²) >= 11 is 5.95. The van der Waals surface area contributed by atoms with Gasteiger partial charge in [0.05, 0.1) is 13.0 Å². The summed E-state index contributed by atoms with van der Waals surface area (Å²) in [7, 11) is 3.48. The number of hydrogen-bond acceptors (Lipinski definition) is 6. The van der Waals surface area contributed by atoms with Crippen LogP contribution in [0.1, 0.15) is 57.0 Å². The second kappa shape index (κ2) is 10.9. The number of methoxy groups -OCH3 is 1. The largest absolute Gasteiger partial charge is 0.469 e. The molecule has 1 aromatic heterocycles. The molecule has 2 fully saturated rings. The Morgan fingerprint density at radius 3 is 2.46 bits per heavy atom. The van der Waals surface area contributed by atoms with E-state index in [1.807, 2.05) is 12.1 Å². The first kappa shape index (κ1) is 27.2. The fraction of sp³-hybridized carbons (Fsp3) is 0.536. The molecular weight excluding hydrogens is 494 g/mol. The maximum absolute atomic E-state index is 13.4. The first-order valence-electron chi connectivity index (χ1n) is 12.8. The number of ether oxygens (including phenoxy) is 1. The fourth-order valence-electron chi connectivity index (χ4n) is 5.43. The molecule has 4 atom stereocenters. The quantitative estimate of drug-likeness (QED) is 0.559. The van der Waals surface area contributed by atoms with Crippen LogP contribution in [0.15, 0.2) is 40.8 Å². The molecule has 1 saturated carbocycles. The normalized spacial score (nSPS) is 24.4. The van der Waals surface area contributed by atoms with Gasteiger partial charge < -0.3 is 19.4 Å². The second-order valence-corrected chi connectivity index (χ2v) is 11.4. The molecule has 9 heteroatoms. The number of nitrogens with one attached hydrogen (secondary N) is 1. The van der Waals surface area contributed by atoms with Gasteiger partial charge in [-0.1, -0.05) is 11.6 Å². The van der Waals surface area contributed by atoms with E-state index in [1.54, 1.807) is 29.2 Å². The second-order valence-electron chi connectivity index (χ2n) is 11.0. The van der Waals surface area contributed by atoms with E-state index in [1.165, 1.54) is 7.11 Å². The van der Waals surface area contributed by atoms with Crippen molar-refractivity contribution in [3.8, 4) is 11.3 Å². The Balaban J connectivity index is 1.42. The molecule has 1 N–H and O–H groups in total. The Hall–Kier alpha value is -2.84. The first-order chi connectivity index (χ1) is 17.5. The van der Waals surface area contributed by atoms with Gasteiger partial charge in [-0.3, -0.25) is 19.3 Å². The van der Waals surface area contributed by atoms with Gasteiger partial charge in [0.15, 0.2) is 5.76 Å². The number of furan rings is 1. The summed E-state index contributed by atoms with van der Waals surface area (Å²) in [4.78, 5) is 43.1. The Labute approximate surface area is 223 Å². The monoisotopic (exact) mass is 529 g/mol. The molecule has 8 nitrogen and oxygen atoms in total. The van der Waals surface area contributed by atoms with Crippen molar-refractivity contribution in [1.82, 2.24) is 15.1 Å². The number of halogens is 1. The maximum atomic E-state index is 13.4. The molecule has 2 aromatic rings. The number of carbonyl (C=O) groups is 3. The average molecular weight is 530 g/mol. The van der Waals surface area contributed by atoms with Gasteiger partial charge in [0, 0.05) is 34.8 Å². The summed E-state index contributed by atoms with van der Waals surface area (Å²) in [5.74, 6) is -0.630. The zero-order valence-electron chi connectivity index (χ0n) is 22.1. The maximum Gasteiger partial charge on any atom is 0.310 e. The molecule has 0 radical (unpaired) electrons. The van der Waals surface area contributed by atoms with E-state index in [9.17, 15) is 14.4 Å². The van der Waals surface area contributed by atoms with E-state index < -0.39 is 17.9 Å². The Kier molecular flexibility index (Phi) is 7.99. The zero-order chi connectivity index (χ0) is 26.9. The number of benzene rings is 1. The molecule has 2 aliphatic rings. The van der Waals surface area contributed by atoms with Crippen LogP contribution < -0.4 is 5.32 Å². The van der Waals surface area contributed by atoms with Gasteiger partial charge in [0.25, 0.3) is 5.91 Å². The van der Waals surface area contributed by atoms with Crippen LogP contribution in [-0.2, 0) is 14.3 Å². The first-order valence-corrected chi connectivity index (χ1v) is 13.1. The fourth-order valence-corrected chi connectivity index (χ4v) is 5.56. The van der Waals surface area contributed by atoms with Crippen molar-refractivity contribution in [2.75, 3.05) is 20.7 Å². The Morgan fingerprint density at radius 2 is 1.81 bits per heavy atom. The van der Waals surface area contributed by atoms with Crippen LogP contribution in [0.4, 0.5) is 0 Å². The standard InChI is InChI=1S/C28H36ClN3O5/c1-28(2,3)31(4)19-10-11-22(20(16-19)27(35)36-5)32-15-14-21(26(32)34)30-25(33)24-13-12-23(37-24)17-6-8-18(29)9-7-17/h6-9,12-13,19-22H,10-11,14-16H2,1-5H3,(H,30,33)/t19-,20-,21?,22+/m1/s1. The lowest BCUT2D eigenvalue weighted by Gasteiger charge is -2.46. The highest BCUT2D eigenvalue weighted by Crippen LogP contribution is 2.36. The van der Waals surface area contributed by atoms with E-state index >= 15 is 0 Å². The van der Waals surface area contributed by atoms with Gasteiger partial charge >= 0.3 is 5.97 Å².